The lowest BCUT2D eigenvalue weighted by molar-refractivity contribution is -0.146. The Morgan fingerprint density at radius 2 is 1.54 bits per heavy atom. The molecule has 0 spiro atoms. The number of anilines is 1. The molecule has 3 N–H and O–H groups in total. The highest BCUT2D eigenvalue weighted by Crippen LogP contribution is 2.60. The average molecular weight is 496 g/mol. The fourth-order valence-electron chi connectivity index (χ4n) is 6.81. The number of nitrogens with one attached hydrogen (secondary N) is 3. The van der Waals surface area contributed by atoms with E-state index in [1.54, 1.807) is 31.2 Å². The first kappa shape index (κ1) is 24.0. The average Bonchev–Trinajstić information content (AvgIpc) is 2.83. The van der Waals surface area contributed by atoms with Gasteiger partial charge in [-0.3, -0.25) is 9.59 Å². The van der Waals surface area contributed by atoms with Crippen molar-refractivity contribution in [1.82, 2.24) is 10.0 Å². The van der Waals surface area contributed by atoms with Crippen LogP contribution in [-0.4, -0.2) is 27.3 Å². The summed E-state index contributed by atoms with van der Waals surface area (Å²) >= 11 is 0. The van der Waals surface area contributed by atoms with Gasteiger partial charge in [0, 0.05) is 23.2 Å². The van der Waals surface area contributed by atoms with Gasteiger partial charge in [-0.05, 0) is 106 Å². The van der Waals surface area contributed by atoms with Crippen molar-refractivity contribution in [3.8, 4) is 0 Å². The van der Waals surface area contributed by atoms with Crippen LogP contribution in [0.15, 0.2) is 47.4 Å². The second-order valence-corrected chi connectivity index (χ2v) is 12.6. The summed E-state index contributed by atoms with van der Waals surface area (Å²) in [7, 11) is -2.27. The summed E-state index contributed by atoms with van der Waals surface area (Å²) in [6, 6.07) is 11.9. The van der Waals surface area contributed by atoms with E-state index in [2.05, 4.69) is 15.4 Å². The van der Waals surface area contributed by atoms with E-state index in [0.717, 1.165) is 42.6 Å². The third kappa shape index (κ3) is 4.74. The lowest BCUT2D eigenvalue weighted by Gasteiger charge is -2.55. The predicted octanol–water partition coefficient (Wildman–Crippen LogP) is 3.99. The van der Waals surface area contributed by atoms with Gasteiger partial charge in [0.2, 0.25) is 15.9 Å². The fourth-order valence-corrected chi connectivity index (χ4v) is 7.81. The molecule has 0 aliphatic heterocycles. The van der Waals surface area contributed by atoms with Gasteiger partial charge in [-0.25, -0.2) is 13.1 Å². The molecule has 186 valence electrons. The minimum Gasteiger partial charge on any atom is -0.352 e. The van der Waals surface area contributed by atoms with Crippen molar-refractivity contribution in [2.24, 2.45) is 23.2 Å². The Morgan fingerprint density at radius 3 is 2.11 bits per heavy atom. The van der Waals surface area contributed by atoms with E-state index < -0.39 is 10.0 Å². The minimum absolute atomic E-state index is 0.128. The summed E-state index contributed by atoms with van der Waals surface area (Å²) in [5.74, 6) is 2.06. The highest BCUT2D eigenvalue weighted by Gasteiger charge is 2.54. The maximum absolute atomic E-state index is 13.2. The number of sulfonamides is 1. The number of rotatable bonds is 7. The molecule has 4 bridgehead atoms. The number of amides is 2. The van der Waals surface area contributed by atoms with Crippen molar-refractivity contribution in [2.45, 2.75) is 56.9 Å². The van der Waals surface area contributed by atoms with Crippen LogP contribution in [0.3, 0.4) is 0 Å². The molecule has 4 aliphatic rings. The standard InChI is InChI=1S/C27H33N3O4S/c1-17-3-8-23(12-24(17)35(33,34)28-2)30-25(31)22-6-4-18(5-7-22)16-29-26(32)27-13-19-9-20(14-27)11-21(10-19)15-27/h3-8,12,19-21,28H,9-11,13-16H2,1-2H3,(H,29,32)(H,30,31). The molecule has 2 aromatic rings. The lowest BCUT2D eigenvalue weighted by atomic mass is 9.49. The summed E-state index contributed by atoms with van der Waals surface area (Å²) in [5, 5.41) is 5.94. The summed E-state index contributed by atoms with van der Waals surface area (Å²) in [4.78, 5) is 26.0. The molecule has 4 fully saturated rings. The maximum Gasteiger partial charge on any atom is 0.255 e. The number of benzene rings is 2. The first-order chi connectivity index (χ1) is 16.7. The van der Waals surface area contributed by atoms with E-state index in [1.807, 2.05) is 12.1 Å². The van der Waals surface area contributed by atoms with Gasteiger partial charge in [0.05, 0.1) is 4.90 Å². The Kier molecular flexibility index (Phi) is 6.21. The van der Waals surface area contributed by atoms with Crippen molar-refractivity contribution in [2.75, 3.05) is 12.4 Å². The fraction of sp³-hybridized carbons (Fsp3) is 0.481. The number of carbonyl (C=O) groups excluding carboxylic acids is 2. The van der Waals surface area contributed by atoms with E-state index in [0.29, 0.717) is 23.4 Å². The predicted molar refractivity (Wildman–Crippen MR) is 134 cm³/mol. The van der Waals surface area contributed by atoms with E-state index in [9.17, 15) is 18.0 Å². The van der Waals surface area contributed by atoms with Crippen LogP contribution in [0, 0.1) is 30.1 Å². The summed E-state index contributed by atoms with van der Waals surface area (Å²) < 4.78 is 26.7. The maximum atomic E-state index is 13.2. The van der Waals surface area contributed by atoms with Crippen molar-refractivity contribution < 1.29 is 18.0 Å². The van der Waals surface area contributed by atoms with Crippen molar-refractivity contribution >= 4 is 27.5 Å². The summed E-state index contributed by atoms with van der Waals surface area (Å²) in [6.07, 6.45) is 7.06. The van der Waals surface area contributed by atoms with Crippen LogP contribution in [0.5, 0.6) is 0 Å². The molecule has 0 aromatic heterocycles. The molecule has 0 atom stereocenters. The Bertz CT molecular complexity index is 1220. The van der Waals surface area contributed by atoms with Crippen molar-refractivity contribution in [3.63, 3.8) is 0 Å². The van der Waals surface area contributed by atoms with Crippen LogP contribution in [0.1, 0.15) is 60.0 Å². The molecule has 0 unspecified atom stereocenters. The normalized spacial score (nSPS) is 27.0. The molecule has 2 amide bonds. The molecule has 6 rings (SSSR count). The van der Waals surface area contributed by atoms with Crippen LogP contribution in [0.2, 0.25) is 0 Å². The van der Waals surface area contributed by atoms with Crippen LogP contribution in [0.25, 0.3) is 0 Å². The van der Waals surface area contributed by atoms with Gasteiger partial charge in [-0.15, -0.1) is 0 Å². The van der Waals surface area contributed by atoms with E-state index >= 15 is 0 Å². The van der Waals surface area contributed by atoms with Gasteiger partial charge in [0.15, 0.2) is 0 Å². The second-order valence-electron chi connectivity index (χ2n) is 10.7. The van der Waals surface area contributed by atoms with Crippen molar-refractivity contribution in [1.29, 1.82) is 0 Å². The largest absolute Gasteiger partial charge is 0.352 e. The summed E-state index contributed by atoms with van der Waals surface area (Å²) in [5.41, 5.74) is 2.23. The molecular formula is C27H33N3O4S. The Hall–Kier alpha value is -2.71. The van der Waals surface area contributed by atoms with Gasteiger partial charge >= 0.3 is 0 Å². The lowest BCUT2D eigenvalue weighted by Crippen LogP contribution is -2.53. The molecule has 4 aliphatic carbocycles. The summed E-state index contributed by atoms with van der Waals surface area (Å²) in [6.45, 7) is 2.15. The number of hydrogen-bond acceptors (Lipinski definition) is 4. The molecule has 8 heteroatoms. The van der Waals surface area contributed by atoms with Gasteiger partial charge < -0.3 is 10.6 Å². The molecule has 0 saturated heterocycles. The Balaban J connectivity index is 1.20. The SMILES string of the molecule is CNS(=O)(=O)c1cc(NC(=O)c2ccc(CNC(=O)C34CC5CC(CC(C5)C3)C4)cc2)ccc1C. The Morgan fingerprint density at radius 1 is 0.943 bits per heavy atom. The van der Waals surface area contributed by atoms with Crippen molar-refractivity contribution in [3.05, 3.63) is 59.2 Å². The number of aryl methyl sites for hydroxylation is 1. The first-order valence-corrected chi connectivity index (χ1v) is 13.9. The molecule has 4 saturated carbocycles. The highest BCUT2D eigenvalue weighted by atomic mass is 32.2. The van der Waals surface area contributed by atoms with E-state index in [1.165, 1.54) is 32.4 Å². The smallest absolute Gasteiger partial charge is 0.255 e. The third-order valence-corrected chi connectivity index (χ3v) is 9.75. The number of carbonyl (C=O) groups is 2. The molecule has 7 nitrogen and oxygen atoms in total. The Labute approximate surface area is 207 Å². The quantitative estimate of drug-likeness (QED) is 0.540. The molecule has 35 heavy (non-hydrogen) atoms. The van der Waals surface area contributed by atoms with Crippen LogP contribution < -0.4 is 15.4 Å². The van der Waals surface area contributed by atoms with Gasteiger partial charge in [0.1, 0.15) is 0 Å². The zero-order chi connectivity index (χ0) is 24.8. The van der Waals surface area contributed by atoms with E-state index in [4.69, 9.17) is 0 Å². The molecule has 0 heterocycles. The third-order valence-electron chi connectivity index (χ3n) is 8.19. The van der Waals surface area contributed by atoms with Crippen LogP contribution in [0.4, 0.5) is 5.69 Å². The highest BCUT2D eigenvalue weighted by molar-refractivity contribution is 7.89. The second kappa shape index (κ2) is 9.06. The molecule has 0 radical (unpaired) electrons. The zero-order valence-electron chi connectivity index (χ0n) is 20.3. The van der Waals surface area contributed by atoms with Crippen LogP contribution >= 0.6 is 0 Å². The minimum atomic E-state index is -3.62. The van der Waals surface area contributed by atoms with E-state index in [-0.39, 0.29) is 22.1 Å². The topological polar surface area (TPSA) is 104 Å². The molecule has 2 aromatic carbocycles. The molecular weight excluding hydrogens is 462 g/mol. The van der Waals surface area contributed by atoms with Gasteiger partial charge in [-0.1, -0.05) is 18.2 Å². The van der Waals surface area contributed by atoms with Gasteiger partial charge in [-0.2, -0.15) is 0 Å². The zero-order valence-corrected chi connectivity index (χ0v) is 21.1. The van der Waals surface area contributed by atoms with Crippen LogP contribution in [-0.2, 0) is 21.4 Å². The number of hydrogen-bond donors (Lipinski definition) is 3. The first-order valence-electron chi connectivity index (χ1n) is 12.4. The van der Waals surface area contributed by atoms with Gasteiger partial charge in [0.25, 0.3) is 5.91 Å². The monoisotopic (exact) mass is 495 g/mol.